The smallest absolute Gasteiger partial charge is 0.407 e. The van der Waals surface area contributed by atoms with Gasteiger partial charge in [0.2, 0.25) is 0 Å². The Morgan fingerprint density at radius 2 is 1.93 bits per heavy atom. The van der Waals surface area contributed by atoms with Crippen LogP contribution in [0.3, 0.4) is 0 Å². The molecule has 0 radical (unpaired) electrons. The minimum absolute atomic E-state index is 0.345. The Bertz CT molecular complexity index is 197. The summed E-state index contributed by atoms with van der Waals surface area (Å²) in [6.07, 6.45) is 0.658. The lowest BCUT2D eigenvalue weighted by Gasteiger charge is -2.24. The number of rotatable bonds is 4. The summed E-state index contributed by atoms with van der Waals surface area (Å²) in [5.74, 6) is 0. The van der Waals surface area contributed by atoms with Gasteiger partial charge in [-0.05, 0) is 41.3 Å². The number of carbonyl (C=O) groups is 1. The molecule has 0 heterocycles. The Morgan fingerprint density at radius 1 is 1.40 bits per heavy atom. The fraction of sp³-hybridized carbons (Fsp3) is 0.909. The molecular weight excluding hydrogens is 192 g/mol. The summed E-state index contributed by atoms with van der Waals surface area (Å²) < 4.78 is 5.14. The number of hydrogen-bond donors (Lipinski definition) is 1. The van der Waals surface area contributed by atoms with Crippen LogP contribution in [-0.4, -0.2) is 43.3 Å². The van der Waals surface area contributed by atoms with Crippen molar-refractivity contribution in [3.63, 3.8) is 0 Å². The Hall–Kier alpha value is -0.770. The molecule has 1 N–H and O–H groups in total. The quantitative estimate of drug-likeness (QED) is 0.779. The van der Waals surface area contributed by atoms with E-state index < -0.39 is 5.60 Å². The predicted octanol–water partition coefficient (Wildman–Crippen LogP) is 1.85. The minimum atomic E-state index is -0.427. The van der Waals surface area contributed by atoms with Gasteiger partial charge in [-0.1, -0.05) is 6.92 Å². The zero-order valence-corrected chi connectivity index (χ0v) is 10.8. The highest BCUT2D eigenvalue weighted by Crippen LogP contribution is 2.06. The molecule has 1 unspecified atom stereocenters. The fourth-order valence-corrected chi connectivity index (χ4v) is 1.21. The average molecular weight is 216 g/mol. The number of likely N-dealkylation sites (N-methyl/N-ethyl adjacent to an activating group) is 1. The third kappa shape index (κ3) is 7.19. The molecule has 0 spiro atoms. The van der Waals surface area contributed by atoms with Crippen molar-refractivity contribution in [2.45, 2.75) is 45.8 Å². The molecule has 0 aromatic rings. The Labute approximate surface area is 93.0 Å². The molecule has 0 saturated carbocycles. The molecule has 4 heteroatoms. The molecule has 0 aromatic heterocycles. The summed E-state index contributed by atoms with van der Waals surface area (Å²) >= 11 is 0. The number of hydrogen-bond acceptors (Lipinski definition) is 3. The summed E-state index contributed by atoms with van der Waals surface area (Å²) in [5, 5.41) is 2.77. The molecule has 4 nitrogen and oxygen atoms in total. The minimum Gasteiger partial charge on any atom is -0.444 e. The van der Waals surface area contributed by atoms with Crippen molar-refractivity contribution in [2.75, 3.05) is 20.6 Å². The van der Waals surface area contributed by atoms with Gasteiger partial charge in [0.05, 0.1) is 0 Å². The van der Waals surface area contributed by atoms with Gasteiger partial charge in [-0.15, -0.1) is 0 Å². The third-order valence-electron chi connectivity index (χ3n) is 2.08. The van der Waals surface area contributed by atoms with E-state index in [-0.39, 0.29) is 6.09 Å². The first-order chi connectivity index (χ1) is 6.76. The standard InChI is InChI=1S/C11H24N2O2/c1-7-9(13(5)6)8-12-10(14)15-11(2,3)4/h9H,7-8H2,1-6H3,(H,12,14). The van der Waals surface area contributed by atoms with Crippen molar-refractivity contribution in [3.05, 3.63) is 0 Å². The average Bonchev–Trinajstić information content (AvgIpc) is 2.01. The second kappa shape index (κ2) is 5.95. The lowest BCUT2D eigenvalue weighted by atomic mass is 10.2. The van der Waals surface area contributed by atoms with Crippen LogP contribution in [0.15, 0.2) is 0 Å². The molecule has 0 fully saturated rings. The van der Waals surface area contributed by atoms with Crippen molar-refractivity contribution in [1.29, 1.82) is 0 Å². The van der Waals surface area contributed by atoms with Crippen LogP contribution in [0.5, 0.6) is 0 Å². The van der Waals surface area contributed by atoms with Crippen molar-refractivity contribution in [2.24, 2.45) is 0 Å². The zero-order valence-electron chi connectivity index (χ0n) is 10.8. The lowest BCUT2D eigenvalue weighted by molar-refractivity contribution is 0.0513. The molecule has 0 bridgehead atoms. The molecule has 0 aliphatic rings. The molecule has 0 aliphatic carbocycles. The van der Waals surface area contributed by atoms with Gasteiger partial charge in [-0.25, -0.2) is 4.79 Å². The summed E-state index contributed by atoms with van der Waals surface area (Å²) in [6, 6.07) is 0.359. The van der Waals surface area contributed by atoms with Gasteiger partial charge in [0, 0.05) is 12.6 Å². The first kappa shape index (κ1) is 14.2. The van der Waals surface area contributed by atoms with E-state index in [1.807, 2.05) is 34.9 Å². The highest BCUT2D eigenvalue weighted by molar-refractivity contribution is 5.67. The lowest BCUT2D eigenvalue weighted by Crippen LogP contribution is -2.41. The van der Waals surface area contributed by atoms with Crippen molar-refractivity contribution >= 4 is 6.09 Å². The molecule has 1 amide bonds. The summed E-state index contributed by atoms with van der Waals surface area (Å²) in [5.41, 5.74) is -0.427. The Balaban J connectivity index is 3.89. The Morgan fingerprint density at radius 3 is 2.27 bits per heavy atom. The van der Waals surface area contributed by atoms with E-state index in [1.54, 1.807) is 0 Å². The summed E-state index contributed by atoms with van der Waals surface area (Å²) in [7, 11) is 4.01. The molecule has 1 atom stereocenters. The maximum Gasteiger partial charge on any atom is 0.407 e. The van der Waals surface area contributed by atoms with E-state index in [0.717, 1.165) is 6.42 Å². The van der Waals surface area contributed by atoms with Gasteiger partial charge in [-0.3, -0.25) is 0 Å². The number of ether oxygens (including phenoxy) is 1. The van der Waals surface area contributed by atoms with E-state index >= 15 is 0 Å². The van der Waals surface area contributed by atoms with Gasteiger partial charge < -0.3 is 15.0 Å². The maximum absolute atomic E-state index is 11.3. The van der Waals surface area contributed by atoms with Crippen LogP contribution in [0.2, 0.25) is 0 Å². The number of carbonyl (C=O) groups excluding carboxylic acids is 1. The van der Waals surface area contributed by atoms with Gasteiger partial charge >= 0.3 is 6.09 Å². The van der Waals surface area contributed by atoms with Crippen molar-refractivity contribution in [3.8, 4) is 0 Å². The molecule has 90 valence electrons. The molecule has 0 aromatic carbocycles. The van der Waals surface area contributed by atoms with Crippen LogP contribution in [0, 0.1) is 0 Å². The molecular formula is C11H24N2O2. The first-order valence-corrected chi connectivity index (χ1v) is 5.39. The molecule has 0 aliphatic heterocycles. The third-order valence-corrected chi connectivity index (χ3v) is 2.08. The van der Waals surface area contributed by atoms with Gasteiger partial charge in [0.15, 0.2) is 0 Å². The first-order valence-electron chi connectivity index (χ1n) is 5.39. The highest BCUT2D eigenvalue weighted by Gasteiger charge is 2.17. The van der Waals surface area contributed by atoms with E-state index in [1.165, 1.54) is 0 Å². The SMILES string of the molecule is CCC(CNC(=O)OC(C)(C)C)N(C)C. The predicted molar refractivity (Wildman–Crippen MR) is 62.0 cm³/mol. The van der Waals surface area contributed by atoms with Gasteiger partial charge in [-0.2, -0.15) is 0 Å². The van der Waals surface area contributed by atoms with Crippen LogP contribution in [0.4, 0.5) is 4.79 Å². The van der Waals surface area contributed by atoms with Crippen molar-refractivity contribution < 1.29 is 9.53 Å². The monoisotopic (exact) mass is 216 g/mol. The Kier molecular flexibility index (Phi) is 5.65. The topological polar surface area (TPSA) is 41.6 Å². The van der Waals surface area contributed by atoms with Gasteiger partial charge in [0.1, 0.15) is 5.60 Å². The number of alkyl carbamates (subject to hydrolysis) is 1. The number of nitrogens with zero attached hydrogens (tertiary/aromatic N) is 1. The van der Waals surface area contributed by atoms with Crippen LogP contribution in [0.1, 0.15) is 34.1 Å². The van der Waals surface area contributed by atoms with Crippen molar-refractivity contribution in [1.82, 2.24) is 10.2 Å². The normalized spacial score (nSPS) is 13.8. The maximum atomic E-state index is 11.3. The van der Waals surface area contributed by atoms with E-state index in [9.17, 15) is 4.79 Å². The highest BCUT2D eigenvalue weighted by atomic mass is 16.6. The molecule has 0 rings (SSSR count). The molecule has 0 saturated heterocycles. The largest absolute Gasteiger partial charge is 0.444 e. The number of nitrogens with one attached hydrogen (secondary N) is 1. The number of amides is 1. The van der Waals surface area contributed by atoms with E-state index in [4.69, 9.17) is 4.74 Å². The van der Waals surface area contributed by atoms with Crippen LogP contribution >= 0.6 is 0 Å². The van der Waals surface area contributed by atoms with E-state index in [2.05, 4.69) is 17.1 Å². The fourth-order valence-electron chi connectivity index (χ4n) is 1.21. The zero-order chi connectivity index (χ0) is 12.1. The summed E-state index contributed by atoms with van der Waals surface area (Å²) in [4.78, 5) is 13.4. The van der Waals surface area contributed by atoms with E-state index in [0.29, 0.717) is 12.6 Å². The second-order valence-corrected chi connectivity index (χ2v) is 4.91. The van der Waals surface area contributed by atoms with Crippen LogP contribution in [0.25, 0.3) is 0 Å². The summed E-state index contributed by atoms with van der Waals surface area (Å²) in [6.45, 7) is 8.29. The molecule has 15 heavy (non-hydrogen) atoms. The van der Waals surface area contributed by atoms with Gasteiger partial charge in [0.25, 0.3) is 0 Å². The van der Waals surface area contributed by atoms with Crippen LogP contribution < -0.4 is 5.32 Å². The second-order valence-electron chi connectivity index (χ2n) is 4.91. The van der Waals surface area contributed by atoms with Crippen LogP contribution in [-0.2, 0) is 4.74 Å².